The zero-order valence-electron chi connectivity index (χ0n) is 7.29. The van der Waals surface area contributed by atoms with E-state index in [0.29, 0.717) is 0 Å². The Hall–Kier alpha value is -1.06. The van der Waals surface area contributed by atoms with Crippen molar-refractivity contribution in [3.8, 4) is 0 Å². The third-order valence-corrected chi connectivity index (χ3v) is 1.86. The van der Waals surface area contributed by atoms with Crippen LogP contribution in [-0.2, 0) is 14.3 Å². The largest absolute Gasteiger partial charge is 0.467 e. The number of nitrogens with one attached hydrogen (secondary N) is 1. The maximum absolute atomic E-state index is 11.1. The zero-order valence-corrected chi connectivity index (χ0v) is 7.29. The van der Waals surface area contributed by atoms with Gasteiger partial charge in [-0.05, 0) is 19.8 Å². The molecule has 1 N–H and O–H groups in total. The maximum Gasteiger partial charge on any atom is 0.328 e. The minimum Gasteiger partial charge on any atom is -0.467 e. The van der Waals surface area contributed by atoms with E-state index in [0.717, 1.165) is 12.8 Å². The standard InChI is InChI=1S/C8H13NO3/c1-5(8(11)12-2)9-7(10)6-3-4-6/h5-6H,3-4H2,1-2H3,(H,9,10)/t5-/m1/s1. The number of carbonyl (C=O) groups is 2. The number of methoxy groups -OCH3 is 1. The number of ether oxygens (including phenoxy) is 1. The first-order valence-electron chi connectivity index (χ1n) is 4.03. The van der Waals surface area contributed by atoms with Gasteiger partial charge >= 0.3 is 5.97 Å². The molecule has 0 spiro atoms. The van der Waals surface area contributed by atoms with Gasteiger partial charge in [0, 0.05) is 5.92 Å². The van der Waals surface area contributed by atoms with Gasteiger partial charge in [0.2, 0.25) is 5.91 Å². The van der Waals surface area contributed by atoms with Crippen LogP contribution in [0.2, 0.25) is 0 Å². The summed E-state index contributed by atoms with van der Waals surface area (Å²) in [5.41, 5.74) is 0. The molecular weight excluding hydrogens is 158 g/mol. The Morgan fingerprint density at radius 3 is 2.50 bits per heavy atom. The minimum absolute atomic E-state index is 0.0344. The third kappa shape index (κ3) is 2.22. The average Bonchev–Trinajstić information content (AvgIpc) is 2.84. The van der Waals surface area contributed by atoms with Gasteiger partial charge in [-0.25, -0.2) is 4.79 Å². The van der Waals surface area contributed by atoms with Crippen LogP contribution in [0.25, 0.3) is 0 Å². The summed E-state index contributed by atoms with van der Waals surface area (Å²) in [7, 11) is 1.31. The second-order valence-corrected chi connectivity index (χ2v) is 3.03. The summed E-state index contributed by atoms with van der Waals surface area (Å²) in [6.07, 6.45) is 1.89. The smallest absolute Gasteiger partial charge is 0.328 e. The molecule has 12 heavy (non-hydrogen) atoms. The maximum atomic E-state index is 11.1. The second kappa shape index (κ2) is 3.56. The SMILES string of the molecule is COC(=O)[C@@H](C)NC(=O)C1CC1. The first kappa shape index (κ1) is 9.03. The lowest BCUT2D eigenvalue weighted by Crippen LogP contribution is -2.39. The van der Waals surface area contributed by atoms with E-state index in [1.165, 1.54) is 7.11 Å². The molecule has 0 aliphatic heterocycles. The van der Waals surface area contributed by atoms with Crippen molar-refractivity contribution in [2.24, 2.45) is 5.92 Å². The predicted molar refractivity (Wildman–Crippen MR) is 42.3 cm³/mol. The molecule has 0 aromatic heterocycles. The summed E-state index contributed by atoms with van der Waals surface area (Å²) in [5.74, 6) is -0.297. The summed E-state index contributed by atoms with van der Waals surface area (Å²) < 4.78 is 4.46. The monoisotopic (exact) mass is 171 g/mol. The summed E-state index contributed by atoms with van der Waals surface area (Å²) in [6.45, 7) is 1.62. The van der Waals surface area contributed by atoms with E-state index in [-0.39, 0.29) is 11.8 Å². The Bertz CT molecular complexity index is 198. The number of esters is 1. The number of amides is 1. The van der Waals surface area contributed by atoms with Crippen LogP contribution in [0.3, 0.4) is 0 Å². The van der Waals surface area contributed by atoms with Crippen LogP contribution in [0.4, 0.5) is 0 Å². The van der Waals surface area contributed by atoms with E-state index in [1.807, 2.05) is 0 Å². The van der Waals surface area contributed by atoms with Gasteiger partial charge in [0.15, 0.2) is 0 Å². The minimum atomic E-state index is -0.525. The molecule has 68 valence electrons. The summed E-state index contributed by atoms with van der Waals surface area (Å²) in [6, 6.07) is -0.525. The molecular formula is C8H13NO3. The van der Waals surface area contributed by atoms with Crippen LogP contribution in [-0.4, -0.2) is 25.0 Å². The van der Waals surface area contributed by atoms with Crippen LogP contribution in [0.5, 0.6) is 0 Å². The van der Waals surface area contributed by atoms with Crippen molar-refractivity contribution in [3.05, 3.63) is 0 Å². The number of hydrogen-bond donors (Lipinski definition) is 1. The van der Waals surface area contributed by atoms with E-state index < -0.39 is 12.0 Å². The quantitative estimate of drug-likeness (QED) is 0.611. The number of hydrogen-bond acceptors (Lipinski definition) is 3. The zero-order chi connectivity index (χ0) is 9.14. The highest BCUT2D eigenvalue weighted by Gasteiger charge is 2.31. The highest BCUT2D eigenvalue weighted by atomic mass is 16.5. The normalized spacial score (nSPS) is 18.2. The Morgan fingerprint density at radius 1 is 1.50 bits per heavy atom. The molecule has 1 rings (SSSR count). The molecule has 1 aliphatic rings. The Labute approximate surface area is 71.3 Å². The van der Waals surface area contributed by atoms with Crippen LogP contribution in [0, 0.1) is 5.92 Å². The van der Waals surface area contributed by atoms with Crippen molar-refractivity contribution in [2.45, 2.75) is 25.8 Å². The van der Waals surface area contributed by atoms with Gasteiger partial charge in [-0.1, -0.05) is 0 Å². The molecule has 0 aromatic rings. The fraction of sp³-hybridized carbons (Fsp3) is 0.750. The highest BCUT2D eigenvalue weighted by Crippen LogP contribution is 2.28. The summed E-state index contributed by atoms with van der Waals surface area (Å²) >= 11 is 0. The van der Waals surface area contributed by atoms with Gasteiger partial charge in [0.05, 0.1) is 7.11 Å². The molecule has 0 aromatic carbocycles. The van der Waals surface area contributed by atoms with Gasteiger partial charge in [0.25, 0.3) is 0 Å². The van der Waals surface area contributed by atoms with Crippen LogP contribution in [0.15, 0.2) is 0 Å². The highest BCUT2D eigenvalue weighted by molar-refractivity contribution is 5.86. The molecule has 4 heteroatoms. The van der Waals surface area contributed by atoms with Gasteiger partial charge in [-0.3, -0.25) is 4.79 Å². The van der Waals surface area contributed by atoms with Crippen LogP contribution >= 0.6 is 0 Å². The van der Waals surface area contributed by atoms with Crippen molar-refractivity contribution in [1.29, 1.82) is 0 Å². The molecule has 1 aliphatic carbocycles. The lowest BCUT2D eigenvalue weighted by Gasteiger charge is -2.10. The second-order valence-electron chi connectivity index (χ2n) is 3.03. The molecule has 1 atom stereocenters. The van der Waals surface area contributed by atoms with Crippen molar-refractivity contribution < 1.29 is 14.3 Å². The lowest BCUT2D eigenvalue weighted by molar-refractivity contribution is -0.144. The fourth-order valence-corrected chi connectivity index (χ4v) is 0.912. The van der Waals surface area contributed by atoms with Gasteiger partial charge < -0.3 is 10.1 Å². The predicted octanol–water partition coefficient (Wildman–Crippen LogP) is 0.0741. The van der Waals surface area contributed by atoms with E-state index >= 15 is 0 Å². The molecule has 4 nitrogen and oxygen atoms in total. The van der Waals surface area contributed by atoms with Gasteiger partial charge in [-0.15, -0.1) is 0 Å². The average molecular weight is 171 g/mol. The molecule has 0 radical (unpaired) electrons. The Balaban J connectivity index is 2.29. The van der Waals surface area contributed by atoms with E-state index in [9.17, 15) is 9.59 Å². The molecule has 1 fully saturated rings. The van der Waals surface area contributed by atoms with Crippen molar-refractivity contribution >= 4 is 11.9 Å². The molecule has 1 saturated carbocycles. The fourth-order valence-electron chi connectivity index (χ4n) is 0.912. The number of rotatable bonds is 3. The van der Waals surface area contributed by atoms with Gasteiger partial charge in [0.1, 0.15) is 6.04 Å². The summed E-state index contributed by atoms with van der Waals surface area (Å²) in [4.78, 5) is 22.0. The molecule has 1 amide bonds. The lowest BCUT2D eigenvalue weighted by atomic mass is 10.3. The first-order valence-corrected chi connectivity index (χ1v) is 4.03. The Morgan fingerprint density at radius 2 is 2.08 bits per heavy atom. The Kier molecular flexibility index (Phi) is 2.68. The molecule has 0 heterocycles. The molecule has 0 unspecified atom stereocenters. The van der Waals surface area contributed by atoms with Crippen LogP contribution in [0.1, 0.15) is 19.8 Å². The summed E-state index contributed by atoms with van der Waals surface area (Å²) in [5, 5.41) is 2.58. The van der Waals surface area contributed by atoms with E-state index in [1.54, 1.807) is 6.92 Å². The van der Waals surface area contributed by atoms with Crippen molar-refractivity contribution in [1.82, 2.24) is 5.32 Å². The van der Waals surface area contributed by atoms with E-state index in [2.05, 4.69) is 10.1 Å². The van der Waals surface area contributed by atoms with Crippen molar-refractivity contribution in [3.63, 3.8) is 0 Å². The topological polar surface area (TPSA) is 55.4 Å². The first-order chi connectivity index (χ1) is 5.65. The van der Waals surface area contributed by atoms with Crippen molar-refractivity contribution in [2.75, 3.05) is 7.11 Å². The van der Waals surface area contributed by atoms with Gasteiger partial charge in [-0.2, -0.15) is 0 Å². The number of carbonyl (C=O) groups excluding carboxylic acids is 2. The molecule has 0 saturated heterocycles. The third-order valence-electron chi connectivity index (χ3n) is 1.86. The van der Waals surface area contributed by atoms with E-state index in [4.69, 9.17) is 0 Å². The van der Waals surface area contributed by atoms with Crippen LogP contribution < -0.4 is 5.32 Å². The molecule has 0 bridgehead atoms.